The van der Waals surface area contributed by atoms with Crippen LogP contribution in [0.5, 0.6) is 0 Å². The first-order valence-corrected chi connectivity index (χ1v) is 5.11. The Bertz CT molecular complexity index is 273. The number of rotatable bonds is 5. The molecule has 1 aromatic carbocycles. The summed E-state index contributed by atoms with van der Waals surface area (Å²) in [4.78, 5) is 0. The third-order valence-electron chi connectivity index (χ3n) is 2.22. The predicted octanol–water partition coefficient (Wildman–Crippen LogP) is 2.70. The standard InChI is InChI=1S/C12H19NO/c1-4-11-7-5-6-8-12(11)13-10(2)9-14-3/h5-8,10,13H,4,9H2,1-3H3/t10-/m0/s1. The van der Waals surface area contributed by atoms with Crippen LogP contribution in [0.25, 0.3) is 0 Å². The van der Waals surface area contributed by atoms with Crippen LogP contribution < -0.4 is 5.32 Å². The quantitative estimate of drug-likeness (QED) is 0.776. The Morgan fingerprint density at radius 1 is 1.36 bits per heavy atom. The number of methoxy groups -OCH3 is 1. The van der Waals surface area contributed by atoms with Crippen molar-refractivity contribution in [3.8, 4) is 0 Å². The third kappa shape index (κ3) is 3.04. The second-order valence-corrected chi connectivity index (χ2v) is 3.51. The third-order valence-corrected chi connectivity index (χ3v) is 2.22. The first-order valence-electron chi connectivity index (χ1n) is 5.11. The maximum atomic E-state index is 5.09. The Balaban J connectivity index is 2.65. The molecule has 0 heterocycles. The molecule has 0 unspecified atom stereocenters. The van der Waals surface area contributed by atoms with Crippen LogP contribution >= 0.6 is 0 Å². The van der Waals surface area contributed by atoms with Gasteiger partial charge in [0.25, 0.3) is 0 Å². The summed E-state index contributed by atoms with van der Waals surface area (Å²) in [7, 11) is 1.73. The molecule has 1 rings (SSSR count). The molecule has 14 heavy (non-hydrogen) atoms. The molecule has 1 aromatic rings. The summed E-state index contributed by atoms with van der Waals surface area (Å²) in [5.41, 5.74) is 2.58. The molecule has 0 saturated carbocycles. The minimum atomic E-state index is 0.354. The summed E-state index contributed by atoms with van der Waals surface area (Å²) < 4.78 is 5.09. The van der Waals surface area contributed by atoms with Gasteiger partial charge in [-0.25, -0.2) is 0 Å². The van der Waals surface area contributed by atoms with Crippen molar-refractivity contribution in [3.05, 3.63) is 29.8 Å². The summed E-state index contributed by atoms with van der Waals surface area (Å²) >= 11 is 0. The van der Waals surface area contributed by atoms with Gasteiger partial charge >= 0.3 is 0 Å². The van der Waals surface area contributed by atoms with E-state index in [-0.39, 0.29) is 0 Å². The van der Waals surface area contributed by atoms with Gasteiger partial charge in [-0.3, -0.25) is 0 Å². The fourth-order valence-corrected chi connectivity index (χ4v) is 1.53. The lowest BCUT2D eigenvalue weighted by atomic mass is 10.1. The Morgan fingerprint density at radius 3 is 2.71 bits per heavy atom. The molecule has 0 aliphatic carbocycles. The highest BCUT2D eigenvalue weighted by atomic mass is 16.5. The van der Waals surface area contributed by atoms with E-state index in [1.54, 1.807) is 7.11 Å². The summed E-state index contributed by atoms with van der Waals surface area (Å²) in [6, 6.07) is 8.76. The highest BCUT2D eigenvalue weighted by molar-refractivity contribution is 5.51. The Kier molecular flexibility index (Phi) is 4.47. The predicted molar refractivity (Wildman–Crippen MR) is 60.8 cm³/mol. The number of anilines is 1. The van der Waals surface area contributed by atoms with Crippen molar-refractivity contribution in [2.24, 2.45) is 0 Å². The number of hydrogen-bond acceptors (Lipinski definition) is 2. The van der Waals surface area contributed by atoms with Gasteiger partial charge in [-0.2, -0.15) is 0 Å². The number of nitrogens with one attached hydrogen (secondary N) is 1. The van der Waals surface area contributed by atoms with Gasteiger partial charge in [0.1, 0.15) is 0 Å². The molecule has 0 aromatic heterocycles. The van der Waals surface area contributed by atoms with Gasteiger partial charge in [0.05, 0.1) is 6.61 Å². The van der Waals surface area contributed by atoms with Crippen molar-refractivity contribution in [1.29, 1.82) is 0 Å². The van der Waals surface area contributed by atoms with Gasteiger partial charge in [-0.1, -0.05) is 25.1 Å². The average molecular weight is 193 g/mol. The summed E-state index contributed by atoms with van der Waals surface area (Å²) in [5, 5.41) is 3.44. The zero-order valence-electron chi connectivity index (χ0n) is 9.21. The van der Waals surface area contributed by atoms with E-state index in [1.165, 1.54) is 11.3 Å². The Labute approximate surface area is 86.3 Å². The van der Waals surface area contributed by atoms with Crippen LogP contribution in [0.15, 0.2) is 24.3 Å². The van der Waals surface area contributed by atoms with Gasteiger partial charge < -0.3 is 10.1 Å². The molecule has 0 aliphatic rings. The van der Waals surface area contributed by atoms with Crippen LogP contribution in [0, 0.1) is 0 Å². The summed E-state index contributed by atoms with van der Waals surface area (Å²) in [6.45, 7) is 5.02. The van der Waals surface area contributed by atoms with Crippen LogP contribution in [-0.2, 0) is 11.2 Å². The van der Waals surface area contributed by atoms with E-state index >= 15 is 0 Å². The Morgan fingerprint density at radius 2 is 2.07 bits per heavy atom. The van der Waals surface area contributed by atoms with E-state index in [9.17, 15) is 0 Å². The molecule has 2 heteroatoms. The molecule has 78 valence electrons. The maximum absolute atomic E-state index is 5.09. The van der Waals surface area contributed by atoms with E-state index in [2.05, 4.69) is 43.4 Å². The number of hydrogen-bond donors (Lipinski definition) is 1. The zero-order chi connectivity index (χ0) is 10.4. The molecule has 0 amide bonds. The number of aryl methyl sites for hydroxylation is 1. The lowest BCUT2D eigenvalue weighted by molar-refractivity contribution is 0.190. The highest BCUT2D eigenvalue weighted by Crippen LogP contribution is 2.16. The smallest absolute Gasteiger partial charge is 0.0661 e. The molecule has 0 radical (unpaired) electrons. The first-order chi connectivity index (χ1) is 6.77. The van der Waals surface area contributed by atoms with E-state index < -0.39 is 0 Å². The van der Waals surface area contributed by atoms with E-state index in [1.807, 2.05) is 0 Å². The van der Waals surface area contributed by atoms with Crippen molar-refractivity contribution >= 4 is 5.69 Å². The largest absolute Gasteiger partial charge is 0.383 e. The van der Waals surface area contributed by atoms with Gasteiger partial charge in [-0.05, 0) is 25.0 Å². The molecule has 0 fully saturated rings. The van der Waals surface area contributed by atoms with Crippen LogP contribution in [0.4, 0.5) is 5.69 Å². The van der Waals surface area contributed by atoms with Crippen LogP contribution in [0.2, 0.25) is 0 Å². The summed E-state index contributed by atoms with van der Waals surface area (Å²) in [5.74, 6) is 0. The second kappa shape index (κ2) is 5.66. The molecule has 0 bridgehead atoms. The lowest BCUT2D eigenvalue weighted by Gasteiger charge is -2.16. The molecule has 0 saturated heterocycles. The minimum Gasteiger partial charge on any atom is -0.383 e. The molecule has 0 spiro atoms. The molecule has 0 aliphatic heterocycles. The number of benzene rings is 1. The molecule has 2 nitrogen and oxygen atoms in total. The molecule has 1 atom stereocenters. The SMILES string of the molecule is CCc1ccccc1N[C@@H](C)COC. The van der Waals surface area contributed by atoms with Crippen molar-refractivity contribution in [1.82, 2.24) is 0 Å². The van der Waals surface area contributed by atoms with Crippen molar-refractivity contribution in [3.63, 3.8) is 0 Å². The fraction of sp³-hybridized carbons (Fsp3) is 0.500. The van der Waals surface area contributed by atoms with E-state index in [0.29, 0.717) is 6.04 Å². The maximum Gasteiger partial charge on any atom is 0.0661 e. The van der Waals surface area contributed by atoms with E-state index in [0.717, 1.165) is 13.0 Å². The Hall–Kier alpha value is -1.02. The normalized spacial score (nSPS) is 12.5. The zero-order valence-corrected chi connectivity index (χ0v) is 9.21. The molecule has 1 N–H and O–H groups in total. The number of ether oxygens (including phenoxy) is 1. The van der Waals surface area contributed by atoms with Gasteiger partial charge in [-0.15, -0.1) is 0 Å². The van der Waals surface area contributed by atoms with Gasteiger partial charge in [0, 0.05) is 18.8 Å². The van der Waals surface area contributed by atoms with Crippen LogP contribution in [-0.4, -0.2) is 19.8 Å². The summed E-state index contributed by atoms with van der Waals surface area (Å²) in [6.07, 6.45) is 1.06. The second-order valence-electron chi connectivity index (χ2n) is 3.51. The van der Waals surface area contributed by atoms with Crippen molar-refractivity contribution in [2.45, 2.75) is 26.3 Å². The fourth-order valence-electron chi connectivity index (χ4n) is 1.53. The van der Waals surface area contributed by atoms with Crippen LogP contribution in [0.3, 0.4) is 0 Å². The molecular weight excluding hydrogens is 174 g/mol. The monoisotopic (exact) mass is 193 g/mol. The van der Waals surface area contributed by atoms with Crippen LogP contribution in [0.1, 0.15) is 19.4 Å². The van der Waals surface area contributed by atoms with E-state index in [4.69, 9.17) is 4.74 Å². The van der Waals surface area contributed by atoms with Crippen molar-refractivity contribution < 1.29 is 4.74 Å². The van der Waals surface area contributed by atoms with Gasteiger partial charge in [0.15, 0.2) is 0 Å². The topological polar surface area (TPSA) is 21.3 Å². The van der Waals surface area contributed by atoms with Gasteiger partial charge in [0.2, 0.25) is 0 Å². The number of para-hydroxylation sites is 1. The lowest BCUT2D eigenvalue weighted by Crippen LogP contribution is -2.21. The average Bonchev–Trinajstić information content (AvgIpc) is 2.19. The first kappa shape index (κ1) is 11.1. The highest BCUT2D eigenvalue weighted by Gasteiger charge is 2.03. The molecular formula is C12H19NO. The van der Waals surface area contributed by atoms with Crippen molar-refractivity contribution in [2.75, 3.05) is 19.0 Å². The minimum absolute atomic E-state index is 0.354.